The number of nitrogens with two attached hydrogens (primary N) is 1. The van der Waals surface area contributed by atoms with Crippen molar-refractivity contribution in [2.24, 2.45) is 11.1 Å². The summed E-state index contributed by atoms with van der Waals surface area (Å²) in [6.07, 6.45) is 7.01. The Labute approximate surface area is 99.3 Å². The van der Waals surface area contributed by atoms with Crippen molar-refractivity contribution >= 4 is 0 Å². The molecule has 16 heavy (non-hydrogen) atoms. The quantitative estimate of drug-likeness (QED) is 0.748. The molecule has 0 radical (unpaired) electrons. The molecule has 2 aliphatic rings. The third-order valence-corrected chi connectivity index (χ3v) is 4.06. The van der Waals surface area contributed by atoms with Crippen LogP contribution in [0.2, 0.25) is 0 Å². The van der Waals surface area contributed by atoms with Gasteiger partial charge in [-0.15, -0.1) is 0 Å². The van der Waals surface area contributed by atoms with Crippen LogP contribution in [0, 0.1) is 5.41 Å². The van der Waals surface area contributed by atoms with Crippen molar-refractivity contribution in [2.75, 3.05) is 32.8 Å². The molecule has 2 fully saturated rings. The summed E-state index contributed by atoms with van der Waals surface area (Å²) >= 11 is 0. The topological polar surface area (TPSA) is 38.5 Å². The summed E-state index contributed by atoms with van der Waals surface area (Å²) in [5.41, 5.74) is 6.28. The number of nitrogens with zero attached hydrogens (tertiary/aromatic N) is 1. The van der Waals surface area contributed by atoms with Gasteiger partial charge in [-0.3, -0.25) is 0 Å². The fourth-order valence-electron chi connectivity index (χ4n) is 2.97. The number of hydrogen-bond acceptors (Lipinski definition) is 3. The lowest BCUT2D eigenvalue weighted by Crippen LogP contribution is -2.42. The third kappa shape index (κ3) is 3.19. The van der Waals surface area contributed by atoms with Crippen LogP contribution in [0.3, 0.4) is 0 Å². The van der Waals surface area contributed by atoms with Gasteiger partial charge in [-0.25, -0.2) is 0 Å². The van der Waals surface area contributed by atoms with Crippen LogP contribution >= 0.6 is 0 Å². The maximum atomic E-state index is 5.74. The Morgan fingerprint density at radius 1 is 1.44 bits per heavy atom. The smallest absolute Gasteiger partial charge is 0.0702 e. The van der Waals surface area contributed by atoms with Gasteiger partial charge in [-0.1, -0.05) is 0 Å². The molecule has 0 aromatic carbocycles. The van der Waals surface area contributed by atoms with Crippen molar-refractivity contribution in [3.63, 3.8) is 0 Å². The largest absolute Gasteiger partial charge is 0.377 e. The monoisotopic (exact) mass is 226 g/mol. The molecule has 1 saturated heterocycles. The minimum Gasteiger partial charge on any atom is -0.377 e. The summed E-state index contributed by atoms with van der Waals surface area (Å²) in [5.74, 6) is 0. The Morgan fingerprint density at radius 2 is 2.25 bits per heavy atom. The SMILES string of the molecule is CCOC1CCCN(CC2(CCN)CC2)C1. The maximum Gasteiger partial charge on any atom is 0.0702 e. The van der Waals surface area contributed by atoms with Gasteiger partial charge in [0.05, 0.1) is 6.10 Å². The number of ether oxygens (including phenoxy) is 1. The van der Waals surface area contributed by atoms with E-state index in [1.54, 1.807) is 0 Å². The molecule has 1 saturated carbocycles. The van der Waals surface area contributed by atoms with Crippen molar-refractivity contribution in [1.82, 2.24) is 4.90 Å². The summed E-state index contributed by atoms with van der Waals surface area (Å²) in [4.78, 5) is 2.60. The first-order chi connectivity index (χ1) is 7.78. The molecule has 2 N–H and O–H groups in total. The molecule has 0 amide bonds. The van der Waals surface area contributed by atoms with Crippen molar-refractivity contribution in [2.45, 2.75) is 45.1 Å². The second-order valence-corrected chi connectivity index (χ2v) is 5.49. The normalized spacial score (nSPS) is 29.2. The fourth-order valence-corrected chi connectivity index (χ4v) is 2.97. The zero-order chi connectivity index (χ0) is 11.4. The lowest BCUT2D eigenvalue weighted by Gasteiger charge is -2.35. The minimum absolute atomic E-state index is 0.479. The van der Waals surface area contributed by atoms with Crippen LogP contribution in [0.15, 0.2) is 0 Å². The molecule has 94 valence electrons. The lowest BCUT2D eigenvalue weighted by atomic mass is 9.99. The summed E-state index contributed by atoms with van der Waals surface area (Å²) in [6, 6.07) is 0. The molecular weight excluding hydrogens is 200 g/mol. The van der Waals surface area contributed by atoms with Gasteiger partial charge in [0, 0.05) is 19.7 Å². The van der Waals surface area contributed by atoms with Crippen LogP contribution in [0.25, 0.3) is 0 Å². The number of likely N-dealkylation sites (tertiary alicyclic amines) is 1. The molecule has 3 nitrogen and oxygen atoms in total. The van der Waals surface area contributed by atoms with Crippen LogP contribution in [-0.2, 0) is 4.74 Å². The van der Waals surface area contributed by atoms with Crippen molar-refractivity contribution in [3.05, 3.63) is 0 Å². The maximum absolute atomic E-state index is 5.74. The highest BCUT2D eigenvalue weighted by molar-refractivity contribution is 4.96. The van der Waals surface area contributed by atoms with Gasteiger partial charge >= 0.3 is 0 Å². The number of rotatable bonds is 6. The van der Waals surface area contributed by atoms with Crippen molar-refractivity contribution in [3.8, 4) is 0 Å². The van der Waals surface area contributed by atoms with Gasteiger partial charge in [-0.05, 0) is 57.5 Å². The van der Waals surface area contributed by atoms with E-state index in [0.717, 1.165) is 19.7 Å². The average Bonchev–Trinajstić information content (AvgIpc) is 2.99. The highest BCUT2D eigenvalue weighted by Gasteiger charge is 2.43. The van der Waals surface area contributed by atoms with Crippen molar-refractivity contribution < 1.29 is 4.74 Å². The average molecular weight is 226 g/mol. The van der Waals surface area contributed by atoms with Crippen LogP contribution < -0.4 is 5.73 Å². The summed E-state index contributed by atoms with van der Waals surface area (Å²) < 4.78 is 5.74. The Balaban J connectivity index is 1.76. The summed E-state index contributed by atoms with van der Waals surface area (Å²) in [7, 11) is 0. The van der Waals surface area contributed by atoms with E-state index in [9.17, 15) is 0 Å². The van der Waals surface area contributed by atoms with Crippen LogP contribution in [0.1, 0.15) is 39.0 Å². The van der Waals surface area contributed by atoms with Gasteiger partial charge in [-0.2, -0.15) is 0 Å². The zero-order valence-corrected chi connectivity index (χ0v) is 10.6. The molecular formula is C13H26N2O. The highest BCUT2D eigenvalue weighted by atomic mass is 16.5. The van der Waals surface area contributed by atoms with E-state index in [4.69, 9.17) is 10.5 Å². The summed E-state index contributed by atoms with van der Waals surface area (Å²) in [5, 5.41) is 0. The molecule has 1 atom stereocenters. The van der Waals surface area contributed by atoms with Crippen LogP contribution in [0.5, 0.6) is 0 Å². The van der Waals surface area contributed by atoms with E-state index in [2.05, 4.69) is 11.8 Å². The van der Waals surface area contributed by atoms with Gasteiger partial charge in [0.1, 0.15) is 0 Å². The van der Waals surface area contributed by atoms with E-state index in [-0.39, 0.29) is 0 Å². The van der Waals surface area contributed by atoms with Gasteiger partial charge in [0.15, 0.2) is 0 Å². The highest BCUT2D eigenvalue weighted by Crippen LogP contribution is 2.49. The zero-order valence-electron chi connectivity index (χ0n) is 10.6. The van der Waals surface area contributed by atoms with E-state index < -0.39 is 0 Å². The molecule has 0 spiro atoms. The van der Waals surface area contributed by atoms with E-state index >= 15 is 0 Å². The molecule has 0 aromatic heterocycles. The third-order valence-electron chi connectivity index (χ3n) is 4.06. The second-order valence-electron chi connectivity index (χ2n) is 5.49. The summed E-state index contributed by atoms with van der Waals surface area (Å²) in [6.45, 7) is 7.45. The van der Waals surface area contributed by atoms with E-state index in [0.29, 0.717) is 11.5 Å². The molecule has 1 heterocycles. The van der Waals surface area contributed by atoms with Gasteiger partial charge in [0.25, 0.3) is 0 Å². The first kappa shape index (κ1) is 12.3. The van der Waals surface area contributed by atoms with E-state index in [1.807, 2.05) is 0 Å². The van der Waals surface area contributed by atoms with Gasteiger partial charge < -0.3 is 15.4 Å². The molecule has 3 heteroatoms. The van der Waals surface area contributed by atoms with Crippen molar-refractivity contribution in [1.29, 1.82) is 0 Å². The lowest BCUT2D eigenvalue weighted by molar-refractivity contribution is 0.000193. The Morgan fingerprint density at radius 3 is 2.88 bits per heavy atom. The predicted molar refractivity (Wildman–Crippen MR) is 66.4 cm³/mol. The van der Waals surface area contributed by atoms with Gasteiger partial charge in [0.2, 0.25) is 0 Å². The van der Waals surface area contributed by atoms with Crippen LogP contribution in [-0.4, -0.2) is 43.8 Å². The van der Waals surface area contributed by atoms with E-state index in [1.165, 1.54) is 45.2 Å². The Bertz CT molecular complexity index is 214. The number of hydrogen-bond donors (Lipinski definition) is 1. The minimum atomic E-state index is 0.479. The number of piperidine rings is 1. The molecule has 1 unspecified atom stereocenters. The first-order valence-electron chi connectivity index (χ1n) is 6.82. The fraction of sp³-hybridized carbons (Fsp3) is 1.00. The molecule has 0 aromatic rings. The first-order valence-corrected chi connectivity index (χ1v) is 6.82. The molecule has 0 bridgehead atoms. The molecule has 1 aliphatic carbocycles. The molecule has 1 aliphatic heterocycles. The predicted octanol–water partition coefficient (Wildman–Crippen LogP) is 1.62. The molecule has 2 rings (SSSR count). The Kier molecular flexibility index (Phi) is 4.22. The van der Waals surface area contributed by atoms with Crippen LogP contribution in [0.4, 0.5) is 0 Å². The Hall–Kier alpha value is -0.120. The second kappa shape index (κ2) is 5.48. The standard InChI is InChI=1S/C13H26N2O/c1-2-16-12-4-3-9-15(10-12)11-13(5-6-13)7-8-14/h12H,2-11,14H2,1H3.